The van der Waals surface area contributed by atoms with Crippen LogP contribution in [-0.4, -0.2) is 30.8 Å². The van der Waals surface area contributed by atoms with Gasteiger partial charge >= 0.3 is 6.03 Å². The first-order valence-corrected chi connectivity index (χ1v) is 7.78. The van der Waals surface area contributed by atoms with E-state index in [-0.39, 0.29) is 6.03 Å². The number of carbonyl (C=O) groups excluding carboxylic acids is 1. The topological polar surface area (TPSA) is 32.3 Å². The van der Waals surface area contributed by atoms with Gasteiger partial charge in [0.1, 0.15) is 0 Å². The molecule has 0 aliphatic carbocycles. The summed E-state index contributed by atoms with van der Waals surface area (Å²) < 4.78 is 2.76. The van der Waals surface area contributed by atoms with Crippen LogP contribution in [-0.2, 0) is 6.42 Å². The lowest BCUT2D eigenvalue weighted by Gasteiger charge is -2.10. The Labute approximate surface area is 128 Å². The Hall–Kier alpha value is -0.580. The molecule has 0 spiro atoms. The molecule has 1 aromatic rings. The number of hydrogen-bond donors (Lipinski definition) is 1. The van der Waals surface area contributed by atoms with Gasteiger partial charge in [-0.15, -0.1) is 0 Å². The molecule has 0 fully saturated rings. The molecule has 1 aromatic carbocycles. The van der Waals surface area contributed by atoms with Gasteiger partial charge in [0.25, 0.3) is 0 Å². The lowest BCUT2D eigenvalue weighted by molar-refractivity contribution is 0.224. The second-order valence-corrected chi connectivity index (χ2v) is 6.07. The van der Waals surface area contributed by atoms with Gasteiger partial charge in [0.15, 0.2) is 0 Å². The lowest BCUT2D eigenvalue weighted by atomic mass is 10.1. The van der Waals surface area contributed by atoms with E-state index in [1.54, 1.807) is 14.1 Å². The Bertz CT molecular complexity index is 427. The second kappa shape index (κ2) is 8.56. The lowest BCUT2D eigenvalue weighted by Crippen LogP contribution is -2.30. The van der Waals surface area contributed by atoms with Crippen LogP contribution in [0.5, 0.6) is 0 Å². The first-order chi connectivity index (χ1) is 9.00. The van der Waals surface area contributed by atoms with Crippen molar-refractivity contribution in [2.75, 3.05) is 19.8 Å². The fourth-order valence-electron chi connectivity index (χ4n) is 1.40. The maximum Gasteiger partial charge on any atom is 0.326 e. The molecule has 1 rings (SSSR count). The number of benzene rings is 1. The van der Waals surface area contributed by atoms with Crippen molar-refractivity contribution < 1.29 is 4.79 Å². The van der Waals surface area contributed by atoms with E-state index in [4.69, 9.17) is 23.2 Å². The number of aryl methyl sites for hydroxylation is 1. The minimum Gasteiger partial charge on any atom is -0.330 e. The van der Waals surface area contributed by atoms with E-state index >= 15 is 0 Å². The number of halogens is 2. The number of unbranched alkanes of at least 4 members (excludes halogenated alkanes) is 1. The van der Waals surface area contributed by atoms with Crippen LogP contribution in [0.1, 0.15) is 18.4 Å². The Kier molecular flexibility index (Phi) is 7.42. The molecule has 106 valence electrons. The molecule has 6 heteroatoms. The van der Waals surface area contributed by atoms with Crippen molar-refractivity contribution in [3.63, 3.8) is 0 Å². The minimum absolute atomic E-state index is 0.0746. The summed E-state index contributed by atoms with van der Waals surface area (Å²) in [6, 6.07) is 5.65. The zero-order valence-corrected chi connectivity index (χ0v) is 13.4. The maximum atomic E-state index is 11.2. The SMILES string of the molecule is CN(C)C(=O)NSCCCCc1ccc(Cl)c(Cl)c1. The molecule has 0 aromatic heterocycles. The van der Waals surface area contributed by atoms with Crippen molar-refractivity contribution >= 4 is 41.2 Å². The summed E-state index contributed by atoms with van der Waals surface area (Å²) in [5.41, 5.74) is 1.19. The number of rotatable bonds is 6. The normalized spacial score (nSPS) is 10.3. The van der Waals surface area contributed by atoms with Crippen molar-refractivity contribution in [1.82, 2.24) is 9.62 Å². The van der Waals surface area contributed by atoms with Gasteiger partial charge in [0.2, 0.25) is 0 Å². The van der Waals surface area contributed by atoms with Crippen LogP contribution in [0.3, 0.4) is 0 Å². The number of carbonyl (C=O) groups is 1. The second-order valence-electron chi connectivity index (χ2n) is 4.36. The van der Waals surface area contributed by atoms with Gasteiger partial charge in [-0.1, -0.05) is 29.3 Å². The van der Waals surface area contributed by atoms with Gasteiger partial charge in [-0.05, 0) is 48.9 Å². The van der Waals surface area contributed by atoms with E-state index in [2.05, 4.69) is 4.72 Å². The molecular formula is C13H18Cl2N2OS. The standard InChI is InChI=1S/C13H18Cl2N2OS/c1-17(2)13(18)16-19-8-4-3-5-10-6-7-11(14)12(15)9-10/h6-7,9H,3-5,8H2,1-2H3,(H,16,18). The molecule has 0 unspecified atom stereocenters. The third-order valence-corrected chi connectivity index (χ3v) is 4.06. The molecule has 0 aliphatic rings. The van der Waals surface area contributed by atoms with E-state index in [9.17, 15) is 4.79 Å². The Morgan fingerprint density at radius 1 is 1.26 bits per heavy atom. The smallest absolute Gasteiger partial charge is 0.326 e. The predicted molar refractivity (Wildman–Crippen MR) is 84.1 cm³/mol. The van der Waals surface area contributed by atoms with E-state index in [1.165, 1.54) is 22.4 Å². The zero-order chi connectivity index (χ0) is 14.3. The number of hydrogen-bond acceptors (Lipinski definition) is 2. The predicted octanol–water partition coefficient (Wildman–Crippen LogP) is 4.24. The van der Waals surface area contributed by atoms with Crippen LogP contribution in [0.15, 0.2) is 18.2 Å². The van der Waals surface area contributed by atoms with Gasteiger partial charge < -0.3 is 4.90 Å². The van der Waals surface area contributed by atoms with Crippen molar-refractivity contribution in [2.45, 2.75) is 19.3 Å². The van der Waals surface area contributed by atoms with Crippen molar-refractivity contribution in [3.8, 4) is 0 Å². The molecule has 0 bridgehead atoms. The third-order valence-electron chi connectivity index (χ3n) is 2.51. The Balaban J connectivity index is 2.14. The zero-order valence-electron chi connectivity index (χ0n) is 11.1. The molecule has 3 nitrogen and oxygen atoms in total. The first-order valence-electron chi connectivity index (χ1n) is 6.03. The third kappa shape index (κ3) is 6.41. The number of urea groups is 1. The highest BCUT2D eigenvalue weighted by atomic mass is 35.5. The van der Waals surface area contributed by atoms with Crippen molar-refractivity contribution in [2.24, 2.45) is 0 Å². The number of nitrogens with zero attached hydrogens (tertiary/aromatic N) is 1. The van der Waals surface area contributed by atoms with Crippen LogP contribution in [0, 0.1) is 0 Å². The van der Waals surface area contributed by atoms with Gasteiger partial charge in [-0.3, -0.25) is 4.72 Å². The monoisotopic (exact) mass is 320 g/mol. The molecular weight excluding hydrogens is 303 g/mol. The van der Waals surface area contributed by atoms with Crippen molar-refractivity contribution in [1.29, 1.82) is 0 Å². The molecule has 2 amide bonds. The quantitative estimate of drug-likeness (QED) is 0.628. The molecule has 19 heavy (non-hydrogen) atoms. The molecule has 0 radical (unpaired) electrons. The number of nitrogens with one attached hydrogen (secondary N) is 1. The maximum absolute atomic E-state index is 11.2. The van der Waals surface area contributed by atoms with Crippen LogP contribution >= 0.6 is 35.1 Å². The summed E-state index contributed by atoms with van der Waals surface area (Å²) >= 11 is 13.3. The summed E-state index contributed by atoms with van der Waals surface area (Å²) in [5.74, 6) is 0.904. The molecule has 0 atom stereocenters. The summed E-state index contributed by atoms with van der Waals surface area (Å²) in [5, 5.41) is 1.19. The summed E-state index contributed by atoms with van der Waals surface area (Å²) in [7, 11) is 3.44. The molecule has 0 heterocycles. The molecule has 0 saturated heterocycles. The Morgan fingerprint density at radius 3 is 2.63 bits per heavy atom. The summed E-state index contributed by atoms with van der Waals surface area (Å²) in [4.78, 5) is 12.7. The summed E-state index contributed by atoms with van der Waals surface area (Å²) in [6.45, 7) is 0. The van der Waals surface area contributed by atoms with Gasteiger partial charge in [-0.25, -0.2) is 4.79 Å². The minimum atomic E-state index is -0.0746. The highest BCUT2D eigenvalue weighted by Crippen LogP contribution is 2.23. The fraction of sp³-hybridized carbons (Fsp3) is 0.462. The fourth-order valence-corrected chi connectivity index (χ4v) is 2.48. The van der Waals surface area contributed by atoms with Crippen LogP contribution in [0.2, 0.25) is 10.0 Å². The largest absolute Gasteiger partial charge is 0.330 e. The average Bonchev–Trinajstić information content (AvgIpc) is 2.37. The highest BCUT2D eigenvalue weighted by molar-refractivity contribution is 7.97. The van der Waals surface area contributed by atoms with Gasteiger partial charge in [-0.2, -0.15) is 0 Å². The van der Waals surface area contributed by atoms with Crippen LogP contribution < -0.4 is 4.72 Å². The van der Waals surface area contributed by atoms with Crippen LogP contribution in [0.25, 0.3) is 0 Å². The highest BCUT2D eigenvalue weighted by Gasteiger charge is 2.02. The first kappa shape index (κ1) is 16.5. The summed E-state index contributed by atoms with van der Waals surface area (Å²) in [6.07, 6.45) is 3.07. The van der Waals surface area contributed by atoms with Gasteiger partial charge in [0, 0.05) is 19.8 Å². The van der Waals surface area contributed by atoms with Crippen molar-refractivity contribution in [3.05, 3.63) is 33.8 Å². The van der Waals surface area contributed by atoms with E-state index in [0.29, 0.717) is 10.0 Å². The van der Waals surface area contributed by atoms with Crippen LogP contribution in [0.4, 0.5) is 4.79 Å². The average molecular weight is 321 g/mol. The van der Waals surface area contributed by atoms with E-state index in [1.807, 2.05) is 18.2 Å². The molecule has 0 saturated carbocycles. The van der Waals surface area contributed by atoms with E-state index < -0.39 is 0 Å². The van der Waals surface area contributed by atoms with Gasteiger partial charge in [0.05, 0.1) is 10.0 Å². The Morgan fingerprint density at radius 2 is 2.00 bits per heavy atom. The van der Waals surface area contributed by atoms with E-state index in [0.717, 1.165) is 25.0 Å². The molecule has 0 aliphatic heterocycles. The number of amides is 2. The molecule has 1 N–H and O–H groups in total.